The van der Waals surface area contributed by atoms with Crippen molar-refractivity contribution in [3.8, 4) is 5.75 Å². The lowest BCUT2D eigenvalue weighted by Gasteiger charge is -2.29. The molecule has 0 unspecified atom stereocenters. The standard InChI is InChI=1S/C17H20N2O/c1-20-17-8-3-2-5-14(17)12-19-10-9-15-13(11-19)6-4-7-16(15)18/h2-8H,9-12,18H2,1H3. The van der Waals surface area contributed by atoms with Crippen LogP contribution in [0.5, 0.6) is 5.75 Å². The van der Waals surface area contributed by atoms with E-state index in [-0.39, 0.29) is 0 Å². The first kappa shape index (κ1) is 13.0. The summed E-state index contributed by atoms with van der Waals surface area (Å²) in [6.45, 7) is 2.91. The zero-order valence-electron chi connectivity index (χ0n) is 11.8. The summed E-state index contributed by atoms with van der Waals surface area (Å²) < 4.78 is 5.43. The molecular weight excluding hydrogens is 248 g/mol. The molecule has 0 spiro atoms. The second-order valence-electron chi connectivity index (χ2n) is 5.26. The molecule has 3 heteroatoms. The second-order valence-corrected chi connectivity index (χ2v) is 5.26. The van der Waals surface area contributed by atoms with Crippen molar-refractivity contribution in [3.63, 3.8) is 0 Å². The molecule has 0 atom stereocenters. The number of benzene rings is 2. The molecule has 2 aromatic carbocycles. The van der Waals surface area contributed by atoms with Crippen LogP contribution in [0, 0.1) is 0 Å². The number of nitrogens with zero attached hydrogens (tertiary/aromatic N) is 1. The normalized spacial score (nSPS) is 14.8. The lowest BCUT2D eigenvalue weighted by atomic mass is 9.97. The van der Waals surface area contributed by atoms with Crippen LogP contribution in [0.2, 0.25) is 0 Å². The van der Waals surface area contributed by atoms with Gasteiger partial charge in [-0.15, -0.1) is 0 Å². The third-order valence-corrected chi connectivity index (χ3v) is 3.97. The summed E-state index contributed by atoms with van der Waals surface area (Å²) >= 11 is 0. The minimum atomic E-state index is 0.915. The van der Waals surface area contributed by atoms with Crippen molar-refractivity contribution in [1.82, 2.24) is 4.90 Å². The number of methoxy groups -OCH3 is 1. The van der Waals surface area contributed by atoms with Gasteiger partial charge >= 0.3 is 0 Å². The SMILES string of the molecule is COc1ccccc1CN1CCc2c(N)cccc2C1. The summed E-state index contributed by atoms with van der Waals surface area (Å²) in [7, 11) is 1.73. The fraction of sp³-hybridized carbons (Fsp3) is 0.294. The highest BCUT2D eigenvalue weighted by Crippen LogP contribution is 2.26. The van der Waals surface area contributed by atoms with Gasteiger partial charge in [-0.25, -0.2) is 0 Å². The van der Waals surface area contributed by atoms with Gasteiger partial charge in [-0.3, -0.25) is 4.90 Å². The van der Waals surface area contributed by atoms with Crippen LogP contribution in [-0.4, -0.2) is 18.6 Å². The lowest BCUT2D eigenvalue weighted by molar-refractivity contribution is 0.242. The molecule has 0 saturated heterocycles. The molecule has 0 saturated carbocycles. The molecule has 20 heavy (non-hydrogen) atoms. The van der Waals surface area contributed by atoms with Crippen LogP contribution in [0.1, 0.15) is 16.7 Å². The van der Waals surface area contributed by atoms with Crippen molar-refractivity contribution in [2.45, 2.75) is 19.5 Å². The van der Waals surface area contributed by atoms with Gasteiger partial charge in [0.05, 0.1) is 7.11 Å². The summed E-state index contributed by atoms with van der Waals surface area (Å²) in [5, 5.41) is 0. The molecule has 1 aliphatic rings. The smallest absolute Gasteiger partial charge is 0.123 e. The van der Waals surface area contributed by atoms with E-state index in [1.165, 1.54) is 16.7 Å². The average molecular weight is 268 g/mol. The Morgan fingerprint density at radius 1 is 1.15 bits per heavy atom. The number of ether oxygens (including phenoxy) is 1. The predicted molar refractivity (Wildman–Crippen MR) is 81.7 cm³/mol. The number of fused-ring (bicyclic) bond motifs is 1. The Bertz CT molecular complexity index is 610. The molecule has 1 heterocycles. The molecule has 0 amide bonds. The summed E-state index contributed by atoms with van der Waals surface area (Å²) in [5.41, 5.74) is 10.9. The number of hydrogen-bond donors (Lipinski definition) is 1. The molecular formula is C17H20N2O. The fourth-order valence-electron chi connectivity index (χ4n) is 2.91. The van der Waals surface area contributed by atoms with E-state index in [2.05, 4.69) is 23.1 Å². The van der Waals surface area contributed by atoms with Gasteiger partial charge < -0.3 is 10.5 Å². The highest BCUT2D eigenvalue weighted by molar-refractivity contribution is 5.51. The van der Waals surface area contributed by atoms with Crippen molar-refractivity contribution >= 4 is 5.69 Å². The topological polar surface area (TPSA) is 38.5 Å². The summed E-state index contributed by atoms with van der Waals surface area (Å²) in [5.74, 6) is 0.964. The number of para-hydroxylation sites is 1. The number of nitrogen functional groups attached to an aromatic ring is 1. The zero-order valence-corrected chi connectivity index (χ0v) is 11.8. The van der Waals surface area contributed by atoms with Gasteiger partial charge in [0.25, 0.3) is 0 Å². The predicted octanol–water partition coefficient (Wildman–Crippen LogP) is 2.84. The maximum atomic E-state index is 6.05. The highest BCUT2D eigenvalue weighted by Gasteiger charge is 2.18. The van der Waals surface area contributed by atoms with Crippen molar-refractivity contribution in [2.24, 2.45) is 0 Å². The van der Waals surface area contributed by atoms with Gasteiger partial charge in [-0.05, 0) is 29.7 Å². The van der Waals surface area contributed by atoms with Gasteiger partial charge in [0.1, 0.15) is 5.75 Å². The minimum Gasteiger partial charge on any atom is -0.496 e. The molecule has 2 N–H and O–H groups in total. The fourth-order valence-corrected chi connectivity index (χ4v) is 2.91. The lowest BCUT2D eigenvalue weighted by Crippen LogP contribution is -2.30. The van der Waals surface area contributed by atoms with Crippen molar-refractivity contribution in [2.75, 3.05) is 19.4 Å². The Hall–Kier alpha value is -2.00. The molecule has 104 valence electrons. The molecule has 3 nitrogen and oxygen atoms in total. The van der Waals surface area contributed by atoms with E-state index in [0.717, 1.165) is 37.5 Å². The Labute approximate surface area is 120 Å². The highest BCUT2D eigenvalue weighted by atomic mass is 16.5. The van der Waals surface area contributed by atoms with Crippen molar-refractivity contribution in [3.05, 3.63) is 59.2 Å². The van der Waals surface area contributed by atoms with E-state index in [1.54, 1.807) is 7.11 Å². The van der Waals surface area contributed by atoms with E-state index in [0.29, 0.717) is 0 Å². The van der Waals surface area contributed by atoms with Gasteiger partial charge in [-0.1, -0.05) is 30.3 Å². The largest absolute Gasteiger partial charge is 0.496 e. The van der Waals surface area contributed by atoms with Crippen LogP contribution < -0.4 is 10.5 Å². The molecule has 0 fully saturated rings. The number of nitrogens with two attached hydrogens (primary N) is 1. The third-order valence-electron chi connectivity index (χ3n) is 3.97. The number of hydrogen-bond acceptors (Lipinski definition) is 3. The Balaban J connectivity index is 1.78. The Morgan fingerprint density at radius 2 is 2.00 bits per heavy atom. The summed E-state index contributed by atoms with van der Waals surface area (Å²) in [6.07, 6.45) is 1.02. The van der Waals surface area contributed by atoms with Gasteiger partial charge in [0, 0.05) is 30.9 Å². The first-order chi connectivity index (χ1) is 9.78. The molecule has 0 aromatic heterocycles. The molecule has 3 rings (SSSR count). The average Bonchev–Trinajstić information content (AvgIpc) is 2.48. The van der Waals surface area contributed by atoms with Crippen LogP contribution in [0.3, 0.4) is 0 Å². The van der Waals surface area contributed by atoms with Crippen LogP contribution in [0.15, 0.2) is 42.5 Å². The third kappa shape index (κ3) is 2.49. The second kappa shape index (κ2) is 5.55. The van der Waals surface area contributed by atoms with E-state index < -0.39 is 0 Å². The quantitative estimate of drug-likeness (QED) is 0.870. The maximum Gasteiger partial charge on any atom is 0.123 e. The van der Waals surface area contributed by atoms with Crippen LogP contribution in [0.25, 0.3) is 0 Å². The maximum absolute atomic E-state index is 6.05. The summed E-state index contributed by atoms with van der Waals surface area (Å²) in [4.78, 5) is 2.44. The van der Waals surface area contributed by atoms with E-state index in [4.69, 9.17) is 10.5 Å². The van der Waals surface area contributed by atoms with E-state index in [1.807, 2.05) is 24.3 Å². The summed E-state index contributed by atoms with van der Waals surface area (Å²) in [6, 6.07) is 14.4. The van der Waals surface area contributed by atoms with Crippen molar-refractivity contribution in [1.29, 1.82) is 0 Å². The van der Waals surface area contributed by atoms with Crippen LogP contribution in [0.4, 0.5) is 5.69 Å². The van der Waals surface area contributed by atoms with Crippen LogP contribution in [-0.2, 0) is 19.5 Å². The number of rotatable bonds is 3. The van der Waals surface area contributed by atoms with E-state index >= 15 is 0 Å². The zero-order chi connectivity index (χ0) is 13.9. The molecule has 1 aliphatic heterocycles. The van der Waals surface area contributed by atoms with Gasteiger partial charge in [0.2, 0.25) is 0 Å². The van der Waals surface area contributed by atoms with Gasteiger partial charge in [-0.2, -0.15) is 0 Å². The molecule has 2 aromatic rings. The van der Waals surface area contributed by atoms with Crippen LogP contribution >= 0.6 is 0 Å². The Kier molecular flexibility index (Phi) is 3.61. The van der Waals surface area contributed by atoms with Crippen molar-refractivity contribution < 1.29 is 4.74 Å². The minimum absolute atomic E-state index is 0.915. The first-order valence-electron chi connectivity index (χ1n) is 6.98. The Morgan fingerprint density at radius 3 is 2.85 bits per heavy atom. The molecule has 0 radical (unpaired) electrons. The molecule has 0 bridgehead atoms. The van der Waals surface area contributed by atoms with Gasteiger partial charge in [0.15, 0.2) is 0 Å². The van der Waals surface area contributed by atoms with E-state index in [9.17, 15) is 0 Å². The number of anilines is 1. The monoisotopic (exact) mass is 268 g/mol. The molecule has 0 aliphatic carbocycles. The first-order valence-corrected chi connectivity index (χ1v) is 6.98.